The van der Waals surface area contributed by atoms with Crippen molar-refractivity contribution >= 4 is 35.8 Å². The van der Waals surface area contributed by atoms with Crippen molar-refractivity contribution in [1.29, 1.82) is 0 Å². The van der Waals surface area contributed by atoms with Gasteiger partial charge in [0.25, 0.3) is 0 Å². The Labute approximate surface area is 164 Å². The second-order valence-electron chi connectivity index (χ2n) is 7.71. The third-order valence-electron chi connectivity index (χ3n) is 6.24. The van der Waals surface area contributed by atoms with Gasteiger partial charge in [-0.05, 0) is 47.8 Å². The van der Waals surface area contributed by atoms with Crippen molar-refractivity contribution < 1.29 is 14.8 Å². The molecule has 2 aromatic carbocycles. The lowest BCUT2D eigenvalue weighted by Gasteiger charge is -2.39. The molecule has 140 valence electrons. The van der Waals surface area contributed by atoms with E-state index in [1.54, 1.807) is 12.1 Å². The molecular weight excluding hydrogens is 361 g/mol. The average Bonchev–Trinajstić information content (AvgIpc) is 2.99. The molecule has 1 fully saturated rings. The number of hydrogen-bond acceptors (Lipinski definition) is 3. The third kappa shape index (κ3) is 2.80. The molecule has 0 aromatic heterocycles. The number of rotatable bonds is 3. The van der Waals surface area contributed by atoms with Crippen LogP contribution in [0.4, 0.5) is 5.69 Å². The van der Waals surface area contributed by atoms with Crippen LogP contribution in [0.25, 0.3) is 0 Å². The highest BCUT2D eigenvalue weighted by Crippen LogP contribution is 2.53. The topological polar surface area (TPSA) is 69.6 Å². The summed E-state index contributed by atoms with van der Waals surface area (Å²) in [4.78, 5) is 13.5. The smallest absolute Gasteiger partial charge is 0.423 e. The van der Waals surface area contributed by atoms with Gasteiger partial charge in [0.05, 0.1) is 10.7 Å². The van der Waals surface area contributed by atoms with Crippen LogP contribution in [-0.2, 0) is 10.2 Å². The van der Waals surface area contributed by atoms with Crippen molar-refractivity contribution in [1.82, 2.24) is 0 Å². The van der Waals surface area contributed by atoms with E-state index in [9.17, 15) is 14.8 Å². The Balaban J connectivity index is 1.93. The molecule has 4 rings (SSSR count). The number of nitrogens with one attached hydrogen (secondary N) is 1. The van der Waals surface area contributed by atoms with Crippen LogP contribution < -0.4 is 10.8 Å². The highest BCUT2D eigenvalue weighted by atomic mass is 35.5. The molecule has 1 saturated carbocycles. The molecule has 1 amide bonds. The summed E-state index contributed by atoms with van der Waals surface area (Å²) >= 11 is 6.54. The Morgan fingerprint density at radius 3 is 2.37 bits per heavy atom. The Morgan fingerprint density at radius 2 is 1.74 bits per heavy atom. The first-order chi connectivity index (χ1) is 13.0. The molecule has 2 aromatic rings. The van der Waals surface area contributed by atoms with Crippen LogP contribution in [0, 0.1) is 12.8 Å². The normalized spacial score (nSPS) is 22.4. The summed E-state index contributed by atoms with van der Waals surface area (Å²) in [6.45, 7) is 1.94. The molecule has 0 spiro atoms. The van der Waals surface area contributed by atoms with Crippen molar-refractivity contribution in [3.63, 3.8) is 0 Å². The minimum absolute atomic E-state index is 0.0332. The van der Waals surface area contributed by atoms with Crippen LogP contribution in [0.1, 0.15) is 48.8 Å². The molecule has 1 aliphatic heterocycles. The first-order valence-corrected chi connectivity index (χ1v) is 9.91. The van der Waals surface area contributed by atoms with Crippen LogP contribution in [0.3, 0.4) is 0 Å². The number of benzene rings is 2. The first-order valence-electron chi connectivity index (χ1n) is 9.54. The van der Waals surface area contributed by atoms with E-state index in [1.807, 2.05) is 31.2 Å². The van der Waals surface area contributed by atoms with Crippen LogP contribution in [0.5, 0.6) is 0 Å². The third-order valence-corrected chi connectivity index (χ3v) is 6.73. The number of carbonyl (C=O) groups excluding carboxylic acids is 1. The summed E-state index contributed by atoms with van der Waals surface area (Å²) < 4.78 is 0. The largest absolute Gasteiger partial charge is 0.488 e. The zero-order valence-electron chi connectivity index (χ0n) is 15.3. The van der Waals surface area contributed by atoms with Crippen molar-refractivity contribution in [2.75, 3.05) is 5.32 Å². The highest BCUT2D eigenvalue weighted by molar-refractivity contribution is 6.58. The standard InChI is InChI=1S/C21H23BClNO3/c1-13-7-12-17-19(18(13)23)24-20(25)21(17,14-5-3-2-4-6-14)15-8-10-16(11-9-15)22(26)27/h7-12,14,26-27H,2-6H2,1H3,(H,24,25)/t21-/m1/s1. The van der Waals surface area contributed by atoms with E-state index in [-0.39, 0.29) is 11.8 Å². The van der Waals surface area contributed by atoms with Gasteiger partial charge in [0.15, 0.2) is 0 Å². The van der Waals surface area contributed by atoms with Gasteiger partial charge in [-0.15, -0.1) is 0 Å². The minimum Gasteiger partial charge on any atom is -0.423 e. The Bertz CT molecular complexity index is 878. The lowest BCUT2D eigenvalue weighted by molar-refractivity contribution is -0.121. The van der Waals surface area contributed by atoms with Crippen molar-refractivity contribution in [2.24, 2.45) is 5.92 Å². The van der Waals surface area contributed by atoms with E-state index in [0.29, 0.717) is 10.5 Å². The first kappa shape index (κ1) is 18.5. The van der Waals surface area contributed by atoms with Gasteiger partial charge in [-0.3, -0.25) is 4.79 Å². The predicted octanol–water partition coefficient (Wildman–Crippen LogP) is 3.15. The number of anilines is 1. The van der Waals surface area contributed by atoms with Crippen LogP contribution >= 0.6 is 11.6 Å². The maximum Gasteiger partial charge on any atom is 0.488 e. The molecule has 27 heavy (non-hydrogen) atoms. The predicted molar refractivity (Wildman–Crippen MR) is 108 cm³/mol. The second kappa shape index (κ2) is 6.97. The number of amides is 1. The molecule has 1 aliphatic carbocycles. The Kier molecular flexibility index (Phi) is 4.79. The van der Waals surface area contributed by atoms with Gasteiger partial charge < -0.3 is 15.4 Å². The monoisotopic (exact) mass is 383 g/mol. The summed E-state index contributed by atoms with van der Waals surface area (Å²) in [5, 5.41) is 22.5. The Morgan fingerprint density at radius 1 is 1.07 bits per heavy atom. The lowest BCUT2D eigenvalue weighted by atomic mass is 9.61. The van der Waals surface area contributed by atoms with Gasteiger partial charge in [-0.25, -0.2) is 0 Å². The maximum absolute atomic E-state index is 13.5. The van der Waals surface area contributed by atoms with E-state index in [4.69, 9.17) is 11.6 Å². The quantitative estimate of drug-likeness (QED) is 0.713. The van der Waals surface area contributed by atoms with E-state index in [2.05, 4.69) is 5.32 Å². The van der Waals surface area contributed by atoms with E-state index in [1.165, 1.54) is 6.42 Å². The van der Waals surface area contributed by atoms with E-state index < -0.39 is 12.5 Å². The van der Waals surface area contributed by atoms with Gasteiger partial charge in [-0.2, -0.15) is 0 Å². The number of hydrogen-bond donors (Lipinski definition) is 3. The van der Waals surface area contributed by atoms with Crippen molar-refractivity contribution in [2.45, 2.75) is 44.4 Å². The van der Waals surface area contributed by atoms with Gasteiger partial charge in [-0.1, -0.05) is 67.3 Å². The zero-order chi connectivity index (χ0) is 19.2. The molecular formula is C21H23BClNO3. The number of carbonyl (C=O) groups is 1. The maximum atomic E-state index is 13.5. The van der Waals surface area contributed by atoms with Crippen LogP contribution in [0.15, 0.2) is 36.4 Å². The number of fused-ring (bicyclic) bond motifs is 1. The zero-order valence-corrected chi connectivity index (χ0v) is 16.1. The molecule has 3 N–H and O–H groups in total. The molecule has 0 saturated heterocycles. The molecule has 1 heterocycles. The van der Waals surface area contributed by atoms with Crippen molar-refractivity contribution in [3.8, 4) is 0 Å². The fourth-order valence-corrected chi connectivity index (χ4v) is 5.06. The molecule has 0 bridgehead atoms. The number of aryl methyl sites for hydroxylation is 1. The summed E-state index contributed by atoms with van der Waals surface area (Å²) in [5.41, 5.74) is 3.11. The molecule has 0 unspecified atom stereocenters. The molecule has 2 aliphatic rings. The minimum atomic E-state index is -1.52. The van der Waals surface area contributed by atoms with Crippen LogP contribution in [-0.4, -0.2) is 23.1 Å². The number of halogens is 1. The molecule has 6 heteroatoms. The lowest BCUT2D eigenvalue weighted by Crippen LogP contribution is -2.44. The van der Waals surface area contributed by atoms with E-state index in [0.717, 1.165) is 48.1 Å². The van der Waals surface area contributed by atoms with Gasteiger partial charge in [0.1, 0.15) is 5.41 Å². The fraction of sp³-hybridized carbons (Fsp3) is 0.381. The van der Waals surface area contributed by atoms with Gasteiger partial charge in [0.2, 0.25) is 5.91 Å². The molecule has 1 atom stereocenters. The highest BCUT2D eigenvalue weighted by Gasteiger charge is 2.54. The summed E-state index contributed by atoms with van der Waals surface area (Å²) in [6.07, 6.45) is 5.40. The van der Waals surface area contributed by atoms with E-state index >= 15 is 0 Å². The summed E-state index contributed by atoms with van der Waals surface area (Å²) in [6, 6.07) is 11.1. The molecule has 0 radical (unpaired) electrons. The average molecular weight is 384 g/mol. The summed E-state index contributed by atoms with van der Waals surface area (Å²) in [7, 11) is -1.52. The molecule has 4 nitrogen and oxygen atoms in total. The van der Waals surface area contributed by atoms with Gasteiger partial charge >= 0.3 is 7.12 Å². The Hall–Kier alpha value is -1.82. The van der Waals surface area contributed by atoms with Crippen molar-refractivity contribution in [3.05, 3.63) is 58.1 Å². The second-order valence-corrected chi connectivity index (χ2v) is 8.09. The van der Waals surface area contributed by atoms with Gasteiger partial charge in [0, 0.05) is 0 Å². The van der Waals surface area contributed by atoms with Crippen LogP contribution in [0.2, 0.25) is 5.02 Å². The SMILES string of the molecule is Cc1ccc2c(c1Cl)NC(=O)[C@@]2(c1ccc(B(O)O)cc1)C1CCCCC1. The summed E-state index contributed by atoms with van der Waals surface area (Å²) in [5.74, 6) is 0.158. The fourth-order valence-electron chi connectivity index (χ4n) is 4.85.